The van der Waals surface area contributed by atoms with Crippen LogP contribution in [0.2, 0.25) is 0 Å². The van der Waals surface area contributed by atoms with Crippen LogP contribution in [-0.2, 0) is 6.54 Å². The first-order chi connectivity index (χ1) is 9.33. The van der Waals surface area contributed by atoms with Gasteiger partial charge in [0.1, 0.15) is 0 Å². The van der Waals surface area contributed by atoms with Crippen molar-refractivity contribution in [1.82, 2.24) is 20.4 Å². The van der Waals surface area contributed by atoms with Gasteiger partial charge in [-0.15, -0.1) is 10.2 Å². The molecule has 1 saturated heterocycles. The van der Waals surface area contributed by atoms with E-state index in [1.165, 1.54) is 17.5 Å². The van der Waals surface area contributed by atoms with Crippen LogP contribution in [0.4, 0.5) is 0 Å². The summed E-state index contributed by atoms with van der Waals surface area (Å²) in [7, 11) is 0. The molecule has 0 atom stereocenters. The molecule has 1 fully saturated rings. The average Bonchev–Trinajstić information content (AvgIpc) is 2.96. The first-order valence-electron chi connectivity index (χ1n) is 6.62. The van der Waals surface area contributed by atoms with Crippen molar-refractivity contribution in [2.24, 2.45) is 0 Å². The topological polar surface area (TPSA) is 54.2 Å². The first-order valence-corrected chi connectivity index (χ1v) is 6.62. The highest BCUT2D eigenvalue weighted by Crippen LogP contribution is 2.24. The van der Waals surface area contributed by atoms with E-state index in [9.17, 15) is 0 Å². The van der Waals surface area contributed by atoms with Gasteiger partial charge in [-0.25, -0.2) is 0 Å². The zero-order valence-electron chi connectivity index (χ0n) is 11.1. The van der Waals surface area contributed by atoms with E-state index in [2.05, 4.69) is 45.5 Å². The smallest absolute Gasteiger partial charge is 0.247 e. The molecule has 0 unspecified atom stereocenters. The van der Waals surface area contributed by atoms with Gasteiger partial charge in [-0.1, -0.05) is 17.7 Å². The Bertz CT molecular complexity index is 532. The van der Waals surface area contributed by atoms with E-state index < -0.39 is 0 Å². The largest absolute Gasteiger partial charge is 0.423 e. The molecule has 1 aliphatic heterocycles. The van der Waals surface area contributed by atoms with Crippen molar-refractivity contribution in [3.05, 3.63) is 35.7 Å². The predicted octanol–water partition coefficient (Wildman–Crippen LogP) is 1.45. The van der Waals surface area contributed by atoms with Gasteiger partial charge in [0.25, 0.3) is 0 Å². The number of piperazine rings is 1. The summed E-state index contributed by atoms with van der Waals surface area (Å²) in [6.07, 6.45) is 1.38. The molecule has 2 aromatic rings. The molecule has 5 nitrogen and oxygen atoms in total. The molecule has 3 rings (SSSR count). The van der Waals surface area contributed by atoms with Gasteiger partial charge in [-0.2, -0.15) is 0 Å². The maximum Gasteiger partial charge on any atom is 0.247 e. The molecular weight excluding hydrogens is 240 g/mol. The minimum absolute atomic E-state index is 0.605. The molecule has 1 aromatic carbocycles. The van der Waals surface area contributed by atoms with Gasteiger partial charge in [0, 0.05) is 38.3 Å². The molecule has 0 amide bonds. The maximum absolute atomic E-state index is 5.35. The summed E-state index contributed by atoms with van der Waals surface area (Å²) < 4.78 is 5.35. The SMILES string of the molecule is Cc1ccc(CN2CCNCC2)c(-c2nnco2)c1. The van der Waals surface area contributed by atoms with Crippen molar-refractivity contribution >= 4 is 0 Å². The lowest BCUT2D eigenvalue weighted by Gasteiger charge is -2.27. The zero-order chi connectivity index (χ0) is 13.1. The van der Waals surface area contributed by atoms with Gasteiger partial charge in [-0.05, 0) is 18.6 Å². The molecule has 5 heteroatoms. The summed E-state index contributed by atoms with van der Waals surface area (Å²) in [6.45, 7) is 7.28. The van der Waals surface area contributed by atoms with Crippen LogP contribution < -0.4 is 5.32 Å². The zero-order valence-corrected chi connectivity index (χ0v) is 11.1. The number of hydrogen-bond donors (Lipinski definition) is 1. The van der Waals surface area contributed by atoms with E-state index >= 15 is 0 Å². The highest BCUT2D eigenvalue weighted by molar-refractivity contribution is 5.59. The third kappa shape index (κ3) is 2.83. The van der Waals surface area contributed by atoms with Crippen molar-refractivity contribution in [3.8, 4) is 11.5 Å². The number of hydrogen-bond acceptors (Lipinski definition) is 5. The monoisotopic (exact) mass is 258 g/mol. The molecule has 0 aliphatic carbocycles. The van der Waals surface area contributed by atoms with Crippen LogP contribution in [0.1, 0.15) is 11.1 Å². The number of aromatic nitrogens is 2. The van der Waals surface area contributed by atoms with E-state index in [0.717, 1.165) is 38.3 Å². The van der Waals surface area contributed by atoms with E-state index in [1.54, 1.807) is 0 Å². The maximum atomic E-state index is 5.35. The summed E-state index contributed by atoms with van der Waals surface area (Å²) >= 11 is 0. The van der Waals surface area contributed by atoms with Crippen LogP contribution in [0.15, 0.2) is 29.0 Å². The van der Waals surface area contributed by atoms with Gasteiger partial charge in [0.15, 0.2) is 0 Å². The standard InChI is InChI=1S/C14H18N4O/c1-11-2-3-12(9-18-6-4-15-5-7-18)13(8-11)14-17-16-10-19-14/h2-3,8,10,15H,4-7,9H2,1H3. The fourth-order valence-electron chi connectivity index (χ4n) is 2.43. The summed E-state index contributed by atoms with van der Waals surface area (Å²) in [5.74, 6) is 0.605. The molecule has 0 spiro atoms. The minimum atomic E-state index is 0.605. The Morgan fingerprint density at radius 1 is 1.32 bits per heavy atom. The van der Waals surface area contributed by atoms with E-state index in [1.807, 2.05) is 0 Å². The molecular formula is C14H18N4O. The number of nitrogens with zero attached hydrogens (tertiary/aromatic N) is 3. The highest BCUT2D eigenvalue weighted by Gasteiger charge is 2.15. The summed E-state index contributed by atoms with van der Waals surface area (Å²) in [5.41, 5.74) is 3.50. The third-order valence-electron chi connectivity index (χ3n) is 3.46. The lowest BCUT2D eigenvalue weighted by atomic mass is 10.0. The summed E-state index contributed by atoms with van der Waals surface area (Å²) in [6, 6.07) is 6.42. The molecule has 1 N–H and O–H groups in total. The van der Waals surface area contributed by atoms with E-state index in [0.29, 0.717) is 5.89 Å². The summed E-state index contributed by atoms with van der Waals surface area (Å²) in [5, 5.41) is 11.2. The Labute approximate surface area is 112 Å². The molecule has 0 bridgehead atoms. The second-order valence-corrected chi connectivity index (χ2v) is 4.93. The molecule has 1 aromatic heterocycles. The quantitative estimate of drug-likeness (QED) is 0.903. The van der Waals surface area contributed by atoms with Crippen LogP contribution in [0.25, 0.3) is 11.5 Å². The molecule has 19 heavy (non-hydrogen) atoms. The van der Waals surface area contributed by atoms with Crippen molar-refractivity contribution < 1.29 is 4.42 Å². The lowest BCUT2D eigenvalue weighted by molar-refractivity contribution is 0.233. The Hall–Kier alpha value is -1.72. The number of rotatable bonds is 3. The Kier molecular flexibility index (Phi) is 3.57. The fourth-order valence-corrected chi connectivity index (χ4v) is 2.43. The third-order valence-corrected chi connectivity index (χ3v) is 3.46. The van der Waals surface area contributed by atoms with Gasteiger partial charge in [-0.3, -0.25) is 4.90 Å². The second kappa shape index (κ2) is 5.50. The molecule has 0 saturated carbocycles. The molecule has 100 valence electrons. The number of nitrogens with one attached hydrogen (secondary N) is 1. The molecule has 2 heterocycles. The average molecular weight is 258 g/mol. The highest BCUT2D eigenvalue weighted by atomic mass is 16.4. The predicted molar refractivity (Wildman–Crippen MR) is 72.6 cm³/mol. The van der Waals surface area contributed by atoms with E-state index in [4.69, 9.17) is 4.42 Å². The van der Waals surface area contributed by atoms with Gasteiger partial charge >= 0.3 is 0 Å². The van der Waals surface area contributed by atoms with Gasteiger partial charge in [0.2, 0.25) is 12.3 Å². The molecule has 0 radical (unpaired) electrons. The van der Waals surface area contributed by atoms with Crippen LogP contribution in [0.3, 0.4) is 0 Å². The van der Waals surface area contributed by atoms with Gasteiger partial charge in [0.05, 0.1) is 0 Å². The van der Waals surface area contributed by atoms with Crippen molar-refractivity contribution in [2.75, 3.05) is 26.2 Å². The fraction of sp³-hybridized carbons (Fsp3) is 0.429. The van der Waals surface area contributed by atoms with Gasteiger partial charge < -0.3 is 9.73 Å². The van der Waals surface area contributed by atoms with Crippen LogP contribution in [-0.4, -0.2) is 41.3 Å². The van der Waals surface area contributed by atoms with Crippen molar-refractivity contribution in [3.63, 3.8) is 0 Å². The Morgan fingerprint density at radius 3 is 2.89 bits per heavy atom. The van der Waals surface area contributed by atoms with Crippen LogP contribution >= 0.6 is 0 Å². The minimum Gasteiger partial charge on any atom is -0.423 e. The Balaban J connectivity index is 1.87. The summed E-state index contributed by atoms with van der Waals surface area (Å²) in [4.78, 5) is 2.45. The lowest BCUT2D eigenvalue weighted by Crippen LogP contribution is -2.42. The first kappa shape index (κ1) is 12.3. The Morgan fingerprint density at radius 2 is 2.16 bits per heavy atom. The normalized spacial score (nSPS) is 16.7. The number of aryl methyl sites for hydroxylation is 1. The number of benzene rings is 1. The van der Waals surface area contributed by atoms with Crippen molar-refractivity contribution in [2.45, 2.75) is 13.5 Å². The van der Waals surface area contributed by atoms with Crippen LogP contribution in [0, 0.1) is 6.92 Å². The second-order valence-electron chi connectivity index (χ2n) is 4.93. The van der Waals surface area contributed by atoms with E-state index in [-0.39, 0.29) is 0 Å². The molecule has 1 aliphatic rings. The van der Waals surface area contributed by atoms with Crippen molar-refractivity contribution in [1.29, 1.82) is 0 Å². The van der Waals surface area contributed by atoms with Crippen LogP contribution in [0.5, 0.6) is 0 Å².